The molecule has 0 aliphatic heterocycles. The van der Waals surface area contributed by atoms with Gasteiger partial charge in [-0.3, -0.25) is 4.79 Å². The van der Waals surface area contributed by atoms with Gasteiger partial charge in [0.05, 0.1) is 0 Å². The van der Waals surface area contributed by atoms with E-state index in [9.17, 15) is 4.79 Å². The molecule has 0 saturated heterocycles. The van der Waals surface area contributed by atoms with Gasteiger partial charge in [-0.15, -0.1) is 0 Å². The van der Waals surface area contributed by atoms with E-state index in [-0.39, 0.29) is 12.1 Å². The normalized spacial score (nSPS) is 16.5. The zero-order valence-electron chi connectivity index (χ0n) is 6.84. The molecule has 63 valence electrons. The van der Waals surface area contributed by atoms with Gasteiger partial charge < -0.3 is 4.74 Å². The molecule has 0 unspecified atom stereocenters. The van der Waals surface area contributed by atoms with E-state index in [1.807, 2.05) is 0 Å². The third kappa shape index (κ3) is 4.02. The quantitative estimate of drug-likeness (QED) is 0.449. The molecule has 2 nitrogen and oxygen atoms in total. The van der Waals surface area contributed by atoms with Crippen LogP contribution in [0.3, 0.4) is 0 Å². The zero-order valence-corrected chi connectivity index (χ0v) is 6.84. The Kier molecular flexibility index (Phi) is 3.40. The highest BCUT2D eigenvalue weighted by Crippen LogP contribution is 2.24. The maximum Gasteiger partial charge on any atom is 0.306 e. The van der Waals surface area contributed by atoms with E-state index in [0.717, 1.165) is 32.1 Å². The van der Waals surface area contributed by atoms with Crippen molar-refractivity contribution in [3.63, 3.8) is 0 Å². The van der Waals surface area contributed by atoms with Crippen molar-refractivity contribution in [2.75, 3.05) is 0 Å². The summed E-state index contributed by atoms with van der Waals surface area (Å²) in [6.45, 7) is 3.70. The van der Waals surface area contributed by atoms with Crippen LogP contribution < -0.4 is 0 Å². The lowest BCUT2D eigenvalue weighted by Gasteiger charge is -2.00. The molecule has 0 spiro atoms. The number of hydrogen-bond donors (Lipinski definition) is 0. The third-order valence-corrected chi connectivity index (χ3v) is 1.70. The van der Waals surface area contributed by atoms with Crippen LogP contribution in [-0.4, -0.2) is 12.1 Å². The molecule has 1 radical (unpaired) electrons. The predicted octanol–water partition coefficient (Wildman–Crippen LogP) is 2.09. The van der Waals surface area contributed by atoms with E-state index in [1.54, 1.807) is 0 Å². The predicted molar refractivity (Wildman–Crippen MR) is 42.9 cm³/mol. The number of ether oxygens (including phenoxy) is 1. The summed E-state index contributed by atoms with van der Waals surface area (Å²) < 4.78 is 5.05. The van der Waals surface area contributed by atoms with E-state index in [1.165, 1.54) is 0 Å². The van der Waals surface area contributed by atoms with Crippen LogP contribution in [-0.2, 0) is 9.53 Å². The summed E-state index contributed by atoms with van der Waals surface area (Å²) in [6, 6.07) is 0. The molecule has 0 N–H and O–H groups in total. The first-order chi connectivity index (χ1) is 5.33. The van der Waals surface area contributed by atoms with Gasteiger partial charge in [-0.2, -0.15) is 0 Å². The Bertz CT molecular complexity index is 128. The SMILES string of the molecule is [CH2]CCCCC(=O)OC1CC1. The summed E-state index contributed by atoms with van der Waals surface area (Å²) in [5, 5.41) is 0. The summed E-state index contributed by atoms with van der Waals surface area (Å²) in [5.74, 6) is -0.0269. The van der Waals surface area contributed by atoms with Crippen LogP contribution >= 0.6 is 0 Å². The van der Waals surface area contributed by atoms with Crippen molar-refractivity contribution < 1.29 is 9.53 Å². The van der Waals surface area contributed by atoms with Gasteiger partial charge in [-0.25, -0.2) is 0 Å². The van der Waals surface area contributed by atoms with E-state index >= 15 is 0 Å². The standard InChI is InChI=1S/C9H15O2/c1-2-3-4-5-9(10)11-8-6-7-8/h8H,1-7H2. The van der Waals surface area contributed by atoms with Crippen LogP contribution in [0.15, 0.2) is 0 Å². The monoisotopic (exact) mass is 155 g/mol. The maximum absolute atomic E-state index is 10.9. The minimum Gasteiger partial charge on any atom is -0.462 e. The molecule has 1 aliphatic carbocycles. The van der Waals surface area contributed by atoms with Crippen LogP contribution in [0.5, 0.6) is 0 Å². The van der Waals surface area contributed by atoms with Crippen molar-refractivity contribution in [1.82, 2.24) is 0 Å². The molecule has 1 fully saturated rings. The summed E-state index contributed by atoms with van der Waals surface area (Å²) in [6.07, 6.45) is 5.85. The Morgan fingerprint density at radius 1 is 1.45 bits per heavy atom. The Hall–Kier alpha value is -0.530. The number of unbranched alkanes of at least 4 members (excludes halogenated alkanes) is 2. The van der Waals surface area contributed by atoms with E-state index < -0.39 is 0 Å². The molecule has 0 heterocycles. The number of rotatable bonds is 5. The van der Waals surface area contributed by atoms with E-state index in [0.29, 0.717) is 6.42 Å². The minimum atomic E-state index is -0.0269. The fourth-order valence-corrected chi connectivity index (χ4v) is 0.877. The molecule has 1 saturated carbocycles. The smallest absolute Gasteiger partial charge is 0.306 e. The molecule has 0 bridgehead atoms. The summed E-state index contributed by atoms with van der Waals surface area (Å²) >= 11 is 0. The second kappa shape index (κ2) is 4.37. The molecule has 0 aromatic heterocycles. The van der Waals surface area contributed by atoms with Gasteiger partial charge >= 0.3 is 5.97 Å². The topological polar surface area (TPSA) is 26.3 Å². The summed E-state index contributed by atoms with van der Waals surface area (Å²) in [4.78, 5) is 10.9. The fourth-order valence-electron chi connectivity index (χ4n) is 0.877. The second-order valence-corrected chi connectivity index (χ2v) is 3.00. The summed E-state index contributed by atoms with van der Waals surface area (Å²) in [7, 11) is 0. The molecular formula is C9H15O2. The number of esters is 1. The van der Waals surface area contributed by atoms with Gasteiger partial charge in [0.2, 0.25) is 0 Å². The Morgan fingerprint density at radius 3 is 2.73 bits per heavy atom. The first-order valence-corrected chi connectivity index (χ1v) is 4.31. The molecule has 1 rings (SSSR count). The molecule has 0 atom stereocenters. The van der Waals surface area contributed by atoms with Gasteiger partial charge in [0.1, 0.15) is 6.10 Å². The largest absolute Gasteiger partial charge is 0.462 e. The molecule has 0 aromatic carbocycles. The van der Waals surface area contributed by atoms with Crippen molar-refractivity contribution in [2.24, 2.45) is 0 Å². The minimum absolute atomic E-state index is 0.0269. The van der Waals surface area contributed by atoms with Gasteiger partial charge in [0.15, 0.2) is 0 Å². The molecular weight excluding hydrogens is 140 g/mol. The van der Waals surface area contributed by atoms with E-state index in [2.05, 4.69) is 6.92 Å². The fraction of sp³-hybridized carbons (Fsp3) is 0.778. The molecule has 0 aromatic rings. The number of carbonyl (C=O) groups is 1. The van der Waals surface area contributed by atoms with Crippen LogP contribution in [0, 0.1) is 6.92 Å². The summed E-state index contributed by atoms with van der Waals surface area (Å²) in [5.41, 5.74) is 0. The lowest BCUT2D eigenvalue weighted by molar-refractivity contribution is -0.145. The average molecular weight is 155 g/mol. The van der Waals surface area contributed by atoms with Crippen LogP contribution in [0.1, 0.15) is 38.5 Å². The molecule has 0 amide bonds. The van der Waals surface area contributed by atoms with Crippen LogP contribution in [0.25, 0.3) is 0 Å². The molecule has 1 aliphatic rings. The molecule has 2 heteroatoms. The Balaban J connectivity index is 1.92. The lowest BCUT2D eigenvalue weighted by atomic mass is 10.2. The Morgan fingerprint density at radius 2 is 2.18 bits per heavy atom. The first kappa shape index (κ1) is 8.57. The van der Waals surface area contributed by atoms with Crippen molar-refractivity contribution in [3.05, 3.63) is 6.92 Å². The number of carbonyl (C=O) groups excluding carboxylic acids is 1. The van der Waals surface area contributed by atoms with Crippen molar-refractivity contribution >= 4 is 5.97 Å². The highest BCUT2D eigenvalue weighted by atomic mass is 16.5. The highest BCUT2D eigenvalue weighted by Gasteiger charge is 2.25. The van der Waals surface area contributed by atoms with Crippen LogP contribution in [0.4, 0.5) is 0 Å². The van der Waals surface area contributed by atoms with Crippen LogP contribution in [0.2, 0.25) is 0 Å². The van der Waals surface area contributed by atoms with Gasteiger partial charge in [-0.1, -0.05) is 19.8 Å². The van der Waals surface area contributed by atoms with Gasteiger partial charge in [0.25, 0.3) is 0 Å². The lowest BCUT2D eigenvalue weighted by Crippen LogP contribution is -2.05. The average Bonchev–Trinajstić information content (AvgIpc) is 2.72. The van der Waals surface area contributed by atoms with E-state index in [4.69, 9.17) is 4.74 Å². The van der Waals surface area contributed by atoms with Crippen molar-refractivity contribution in [1.29, 1.82) is 0 Å². The highest BCUT2D eigenvalue weighted by molar-refractivity contribution is 5.69. The van der Waals surface area contributed by atoms with Crippen molar-refractivity contribution in [3.8, 4) is 0 Å². The maximum atomic E-state index is 10.9. The van der Waals surface area contributed by atoms with Gasteiger partial charge in [0, 0.05) is 6.42 Å². The van der Waals surface area contributed by atoms with Gasteiger partial charge in [-0.05, 0) is 19.3 Å². The first-order valence-electron chi connectivity index (χ1n) is 4.31. The Labute approximate surface area is 67.9 Å². The number of hydrogen-bond acceptors (Lipinski definition) is 2. The molecule has 11 heavy (non-hydrogen) atoms. The zero-order chi connectivity index (χ0) is 8.10. The van der Waals surface area contributed by atoms with Crippen molar-refractivity contribution in [2.45, 2.75) is 44.6 Å². The third-order valence-electron chi connectivity index (χ3n) is 1.70. The second-order valence-electron chi connectivity index (χ2n) is 3.00.